The maximum atomic E-state index is 12.7. The number of hydrogen-bond acceptors (Lipinski definition) is 6. The maximum Gasteiger partial charge on any atom is 0.332 e. The fourth-order valence-corrected chi connectivity index (χ4v) is 3.65. The van der Waals surface area contributed by atoms with Crippen molar-refractivity contribution in [3.8, 4) is 11.5 Å². The minimum Gasteiger partial charge on any atom is -0.454 e. The molecule has 25 heavy (non-hydrogen) atoms. The molecule has 0 aliphatic carbocycles. The molecule has 3 heterocycles. The van der Waals surface area contributed by atoms with Gasteiger partial charge in [-0.05, 0) is 29.1 Å². The molecule has 0 spiro atoms. The van der Waals surface area contributed by atoms with E-state index in [1.54, 1.807) is 29.6 Å². The van der Waals surface area contributed by atoms with Crippen LogP contribution < -0.4 is 26.5 Å². The number of fused-ring (bicyclic) bond motifs is 2. The van der Waals surface area contributed by atoms with Gasteiger partial charge in [-0.2, -0.15) is 0 Å². The number of aromatic nitrogens is 2. The number of ether oxygens (including phenoxy) is 2. The first kappa shape index (κ1) is 15.5. The van der Waals surface area contributed by atoms with Crippen molar-refractivity contribution in [1.29, 1.82) is 0 Å². The average molecular weight is 359 g/mol. The fourth-order valence-electron chi connectivity index (χ4n) is 2.80. The van der Waals surface area contributed by atoms with Crippen LogP contribution in [0.2, 0.25) is 0 Å². The molecule has 0 atom stereocenters. The van der Waals surface area contributed by atoms with Gasteiger partial charge >= 0.3 is 5.69 Å². The van der Waals surface area contributed by atoms with Gasteiger partial charge in [0.1, 0.15) is 11.2 Å². The van der Waals surface area contributed by atoms with E-state index in [0.29, 0.717) is 27.3 Å². The number of carbonyl (C=O) groups excluding carboxylic acids is 1. The molecule has 0 fully saturated rings. The minimum absolute atomic E-state index is 0.0565. The quantitative estimate of drug-likeness (QED) is 0.730. The summed E-state index contributed by atoms with van der Waals surface area (Å²) in [5.41, 5.74) is 5.40. The normalized spacial score (nSPS) is 12.6. The van der Waals surface area contributed by atoms with Crippen molar-refractivity contribution in [2.24, 2.45) is 5.73 Å². The molecule has 0 saturated carbocycles. The molecule has 4 rings (SSSR count). The predicted molar refractivity (Wildman–Crippen MR) is 91.2 cm³/mol. The van der Waals surface area contributed by atoms with E-state index in [1.165, 1.54) is 15.9 Å². The molecule has 1 amide bonds. The SMILES string of the molecule is NC(=O)Cn1c(=O)n(Cc2ccc3c(c2)OCO3)c(=O)c2sccc21. The van der Waals surface area contributed by atoms with Crippen molar-refractivity contribution in [1.82, 2.24) is 9.13 Å². The van der Waals surface area contributed by atoms with Crippen LogP contribution in [0.15, 0.2) is 39.2 Å². The first-order valence-electron chi connectivity index (χ1n) is 7.42. The van der Waals surface area contributed by atoms with Gasteiger partial charge in [0.25, 0.3) is 5.56 Å². The average Bonchev–Trinajstić information content (AvgIpc) is 3.23. The molecule has 9 heteroatoms. The number of benzene rings is 1. The summed E-state index contributed by atoms with van der Waals surface area (Å²) in [6.07, 6.45) is 0. The van der Waals surface area contributed by atoms with E-state index in [1.807, 2.05) is 0 Å². The van der Waals surface area contributed by atoms with E-state index in [-0.39, 0.29) is 19.9 Å². The van der Waals surface area contributed by atoms with Gasteiger partial charge < -0.3 is 15.2 Å². The molecular formula is C16H13N3O5S. The largest absolute Gasteiger partial charge is 0.454 e. The third-order valence-electron chi connectivity index (χ3n) is 3.93. The number of thiophene rings is 1. The summed E-state index contributed by atoms with van der Waals surface area (Å²) in [4.78, 5) is 36.7. The van der Waals surface area contributed by atoms with E-state index in [9.17, 15) is 14.4 Å². The summed E-state index contributed by atoms with van der Waals surface area (Å²) < 4.78 is 13.3. The van der Waals surface area contributed by atoms with Gasteiger partial charge in [-0.3, -0.25) is 18.7 Å². The number of nitrogens with two attached hydrogens (primary N) is 1. The number of hydrogen-bond donors (Lipinski definition) is 1. The van der Waals surface area contributed by atoms with Crippen LogP contribution in [0, 0.1) is 0 Å². The molecule has 2 aromatic heterocycles. The van der Waals surface area contributed by atoms with Crippen LogP contribution in [0.3, 0.4) is 0 Å². The summed E-state index contributed by atoms with van der Waals surface area (Å²) in [5, 5.41) is 1.70. The molecule has 1 aromatic carbocycles. The number of amides is 1. The number of carbonyl (C=O) groups is 1. The molecule has 1 aliphatic rings. The Bertz CT molecular complexity index is 1110. The van der Waals surface area contributed by atoms with E-state index >= 15 is 0 Å². The summed E-state index contributed by atoms with van der Waals surface area (Å²) in [7, 11) is 0. The Kier molecular flexibility index (Phi) is 3.57. The van der Waals surface area contributed by atoms with Crippen molar-refractivity contribution in [3.05, 3.63) is 56.0 Å². The van der Waals surface area contributed by atoms with Crippen molar-refractivity contribution in [3.63, 3.8) is 0 Å². The van der Waals surface area contributed by atoms with Gasteiger partial charge in [0.2, 0.25) is 12.7 Å². The Morgan fingerprint density at radius 1 is 1.16 bits per heavy atom. The molecule has 0 radical (unpaired) electrons. The summed E-state index contributed by atoms with van der Waals surface area (Å²) >= 11 is 1.22. The second-order valence-corrected chi connectivity index (χ2v) is 6.47. The summed E-state index contributed by atoms with van der Waals surface area (Å²) in [5.74, 6) is 0.541. The number of primary amides is 1. The lowest BCUT2D eigenvalue weighted by Crippen LogP contribution is -2.41. The zero-order chi connectivity index (χ0) is 17.6. The molecule has 8 nitrogen and oxygen atoms in total. The fraction of sp³-hybridized carbons (Fsp3) is 0.188. The zero-order valence-corrected chi connectivity index (χ0v) is 13.7. The highest BCUT2D eigenvalue weighted by Gasteiger charge is 2.18. The van der Waals surface area contributed by atoms with Crippen molar-refractivity contribution in [2.45, 2.75) is 13.1 Å². The van der Waals surface area contributed by atoms with E-state index in [2.05, 4.69) is 0 Å². The highest BCUT2D eigenvalue weighted by molar-refractivity contribution is 7.17. The van der Waals surface area contributed by atoms with Gasteiger partial charge in [-0.15, -0.1) is 11.3 Å². The Morgan fingerprint density at radius 2 is 1.96 bits per heavy atom. The van der Waals surface area contributed by atoms with Gasteiger partial charge in [0.05, 0.1) is 12.1 Å². The first-order chi connectivity index (χ1) is 12.0. The third kappa shape index (κ3) is 2.58. The Hall–Kier alpha value is -3.07. The summed E-state index contributed by atoms with van der Waals surface area (Å²) in [6.45, 7) is -0.0836. The molecule has 0 unspecified atom stereocenters. The Balaban J connectivity index is 1.85. The standard InChI is InChI=1S/C16H13N3O5S/c17-13(20)7-18-10-3-4-25-14(10)15(21)19(16(18)22)6-9-1-2-11-12(5-9)24-8-23-11/h1-5H,6-8H2,(H2,17,20). The highest BCUT2D eigenvalue weighted by atomic mass is 32.1. The Labute approximate surface area is 144 Å². The molecule has 3 aromatic rings. The molecule has 128 valence electrons. The molecule has 0 bridgehead atoms. The van der Waals surface area contributed by atoms with Gasteiger partial charge in [-0.25, -0.2) is 4.79 Å². The van der Waals surface area contributed by atoms with Crippen LogP contribution in [0.5, 0.6) is 11.5 Å². The molecule has 1 aliphatic heterocycles. The maximum absolute atomic E-state index is 12.7. The van der Waals surface area contributed by atoms with Crippen molar-refractivity contribution in [2.75, 3.05) is 6.79 Å². The lowest BCUT2D eigenvalue weighted by molar-refractivity contribution is -0.118. The first-order valence-corrected chi connectivity index (χ1v) is 8.30. The number of rotatable bonds is 4. The second kappa shape index (κ2) is 5.78. The Morgan fingerprint density at radius 3 is 2.76 bits per heavy atom. The van der Waals surface area contributed by atoms with Gasteiger partial charge in [0, 0.05) is 0 Å². The van der Waals surface area contributed by atoms with Crippen LogP contribution in [-0.2, 0) is 17.9 Å². The van der Waals surface area contributed by atoms with Crippen LogP contribution in [0.1, 0.15) is 5.56 Å². The lowest BCUT2D eigenvalue weighted by Gasteiger charge is -2.11. The van der Waals surface area contributed by atoms with Gasteiger partial charge in [0.15, 0.2) is 11.5 Å². The van der Waals surface area contributed by atoms with E-state index in [0.717, 1.165) is 4.57 Å². The van der Waals surface area contributed by atoms with Crippen LogP contribution in [0.4, 0.5) is 0 Å². The van der Waals surface area contributed by atoms with Crippen LogP contribution >= 0.6 is 11.3 Å². The number of nitrogens with zero attached hydrogens (tertiary/aromatic N) is 2. The smallest absolute Gasteiger partial charge is 0.332 e. The third-order valence-corrected chi connectivity index (χ3v) is 4.82. The molecular weight excluding hydrogens is 346 g/mol. The van der Waals surface area contributed by atoms with E-state index in [4.69, 9.17) is 15.2 Å². The van der Waals surface area contributed by atoms with Crippen LogP contribution in [0.25, 0.3) is 10.2 Å². The molecule has 2 N–H and O–H groups in total. The topological polar surface area (TPSA) is 106 Å². The van der Waals surface area contributed by atoms with E-state index < -0.39 is 17.2 Å². The van der Waals surface area contributed by atoms with Crippen molar-refractivity contribution >= 4 is 27.5 Å². The monoisotopic (exact) mass is 359 g/mol. The summed E-state index contributed by atoms with van der Waals surface area (Å²) in [6, 6.07) is 6.85. The second-order valence-electron chi connectivity index (χ2n) is 5.55. The molecule has 0 saturated heterocycles. The highest BCUT2D eigenvalue weighted by Crippen LogP contribution is 2.32. The van der Waals surface area contributed by atoms with Crippen LogP contribution in [-0.4, -0.2) is 21.8 Å². The van der Waals surface area contributed by atoms with Crippen molar-refractivity contribution < 1.29 is 14.3 Å². The zero-order valence-electron chi connectivity index (χ0n) is 12.9. The lowest BCUT2D eigenvalue weighted by atomic mass is 10.2. The predicted octanol–water partition coefficient (Wildman–Crippen LogP) is 0.487. The van der Waals surface area contributed by atoms with Gasteiger partial charge in [-0.1, -0.05) is 6.07 Å². The minimum atomic E-state index is -0.650.